The van der Waals surface area contributed by atoms with Gasteiger partial charge in [0.25, 0.3) is 0 Å². The first-order chi connectivity index (χ1) is 9.69. The smallest absolute Gasteiger partial charge is 0.170 e. The maximum Gasteiger partial charge on any atom is 0.170 e. The lowest BCUT2D eigenvalue weighted by molar-refractivity contribution is 0.0848. The molecule has 0 bridgehead atoms. The van der Waals surface area contributed by atoms with Crippen molar-refractivity contribution < 1.29 is 14.3 Å². The zero-order valence-corrected chi connectivity index (χ0v) is 11.6. The van der Waals surface area contributed by atoms with Crippen LogP contribution in [-0.2, 0) is 0 Å². The van der Waals surface area contributed by atoms with Gasteiger partial charge in [-0.25, -0.2) is 0 Å². The van der Waals surface area contributed by atoms with Crippen LogP contribution in [0, 0.1) is 6.92 Å². The third kappa shape index (κ3) is 2.16. The Morgan fingerprint density at radius 2 is 2.00 bits per heavy atom. The minimum atomic E-state index is -0.204. The molecule has 0 aromatic heterocycles. The van der Waals surface area contributed by atoms with Crippen LogP contribution >= 0.6 is 0 Å². The molecule has 2 aromatic rings. The highest BCUT2D eigenvalue weighted by Crippen LogP contribution is 2.37. The van der Waals surface area contributed by atoms with E-state index in [2.05, 4.69) is 0 Å². The third-order valence-corrected chi connectivity index (χ3v) is 3.66. The maximum atomic E-state index is 12.3. The van der Waals surface area contributed by atoms with Gasteiger partial charge in [-0.15, -0.1) is 0 Å². The van der Waals surface area contributed by atoms with Crippen molar-refractivity contribution in [3.8, 4) is 11.5 Å². The summed E-state index contributed by atoms with van der Waals surface area (Å²) in [5, 5.41) is 0. The van der Waals surface area contributed by atoms with Crippen molar-refractivity contribution in [1.82, 2.24) is 0 Å². The van der Waals surface area contributed by atoms with E-state index in [4.69, 9.17) is 9.47 Å². The lowest BCUT2D eigenvalue weighted by atomic mass is 9.94. The van der Waals surface area contributed by atoms with E-state index in [1.807, 2.05) is 37.3 Å². The Bertz CT molecular complexity index is 661. The second-order valence-electron chi connectivity index (χ2n) is 4.95. The number of benzene rings is 2. The molecule has 0 amide bonds. The van der Waals surface area contributed by atoms with Crippen molar-refractivity contribution in [3.63, 3.8) is 0 Å². The average Bonchev–Trinajstić information content (AvgIpc) is 2.47. The van der Waals surface area contributed by atoms with Gasteiger partial charge in [0.05, 0.1) is 19.1 Å². The first-order valence-electron chi connectivity index (χ1n) is 6.62. The molecule has 3 heteroatoms. The molecule has 0 aliphatic carbocycles. The number of methoxy groups -OCH3 is 1. The summed E-state index contributed by atoms with van der Waals surface area (Å²) in [7, 11) is 1.59. The van der Waals surface area contributed by atoms with Gasteiger partial charge in [0, 0.05) is 0 Å². The fourth-order valence-corrected chi connectivity index (χ4v) is 2.55. The summed E-state index contributed by atoms with van der Waals surface area (Å²) in [6.07, 6.45) is 0.162. The molecule has 1 heterocycles. The molecule has 0 saturated heterocycles. The van der Waals surface area contributed by atoms with Crippen molar-refractivity contribution in [2.24, 2.45) is 0 Å². The average molecular weight is 268 g/mol. The fraction of sp³-hybridized carbons (Fsp3) is 0.235. The van der Waals surface area contributed by atoms with Crippen molar-refractivity contribution >= 4 is 5.78 Å². The van der Waals surface area contributed by atoms with Gasteiger partial charge >= 0.3 is 0 Å². The molecule has 1 aliphatic heterocycles. The minimum Gasteiger partial charge on any atom is -0.497 e. The molecule has 3 rings (SSSR count). The van der Waals surface area contributed by atoms with Crippen LogP contribution < -0.4 is 9.47 Å². The van der Waals surface area contributed by atoms with E-state index in [0.717, 1.165) is 11.1 Å². The lowest BCUT2D eigenvalue weighted by Crippen LogP contribution is -2.21. The summed E-state index contributed by atoms with van der Waals surface area (Å²) in [5.74, 6) is 1.41. The van der Waals surface area contributed by atoms with Crippen molar-refractivity contribution in [3.05, 3.63) is 59.2 Å². The summed E-state index contributed by atoms with van der Waals surface area (Å²) < 4.78 is 11.1. The summed E-state index contributed by atoms with van der Waals surface area (Å²) >= 11 is 0. The molecule has 1 unspecified atom stereocenters. The van der Waals surface area contributed by atoms with Crippen molar-refractivity contribution in [2.75, 3.05) is 7.11 Å². The van der Waals surface area contributed by atoms with Crippen LogP contribution in [0.3, 0.4) is 0 Å². The summed E-state index contributed by atoms with van der Waals surface area (Å²) in [6.45, 7) is 2.03. The zero-order valence-electron chi connectivity index (χ0n) is 11.6. The van der Waals surface area contributed by atoms with E-state index < -0.39 is 0 Å². The number of aryl methyl sites for hydroxylation is 1. The van der Waals surface area contributed by atoms with Gasteiger partial charge in [-0.05, 0) is 36.2 Å². The number of ether oxygens (including phenoxy) is 2. The molecule has 3 nitrogen and oxygen atoms in total. The van der Waals surface area contributed by atoms with Gasteiger partial charge in [-0.3, -0.25) is 4.79 Å². The van der Waals surface area contributed by atoms with Gasteiger partial charge < -0.3 is 9.47 Å². The predicted molar refractivity (Wildman–Crippen MR) is 76.5 cm³/mol. The molecule has 0 spiro atoms. The highest BCUT2D eigenvalue weighted by atomic mass is 16.5. The predicted octanol–water partition coefficient (Wildman–Crippen LogP) is 3.71. The molecule has 0 radical (unpaired) electrons. The van der Waals surface area contributed by atoms with E-state index >= 15 is 0 Å². The van der Waals surface area contributed by atoms with E-state index in [1.165, 1.54) is 0 Å². The Morgan fingerprint density at radius 1 is 1.20 bits per heavy atom. The number of hydrogen-bond acceptors (Lipinski definition) is 3. The van der Waals surface area contributed by atoms with Crippen molar-refractivity contribution in [2.45, 2.75) is 19.4 Å². The Hall–Kier alpha value is -2.29. The van der Waals surface area contributed by atoms with Crippen LogP contribution in [0.5, 0.6) is 11.5 Å². The number of hydrogen-bond donors (Lipinski definition) is 0. The Labute approximate surface area is 118 Å². The van der Waals surface area contributed by atoms with E-state index in [1.54, 1.807) is 19.2 Å². The van der Waals surface area contributed by atoms with Gasteiger partial charge in [0.1, 0.15) is 17.6 Å². The Balaban J connectivity index is 1.97. The number of Topliss-reactive ketones (excluding diaryl/α,β-unsaturated/α-hetero) is 1. The topological polar surface area (TPSA) is 35.5 Å². The number of carbonyl (C=O) groups excluding carboxylic acids is 1. The Kier molecular flexibility index (Phi) is 3.18. The summed E-state index contributed by atoms with van der Waals surface area (Å²) in [4.78, 5) is 12.3. The first-order valence-corrected chi connectivity index (χ1v) is 6.62. The fourth-order valence-electron chi connectivity index (χ4n) is 2.55. The molecular weight excluding hydrogens is 252 g/mol. The molecule has 1 atom stereocenters. The Morgan fingerprint density at radius 3 is 2.75 bits per heavy atom. The van der Waals surface area contributed by atoms with Crippen LogP contribution in [0.15, 0.2) is 42.5 Å². The first kappa shape index (κ1) is 12.7. The van der Waals surface area contributed by atoms with Gasteiger partial charge in [0.15, 0.2) is 5.78 Å². The largest absolute Gasteiger partial charge is 0.497 e. The second-order valence-corrected chi connectivity index (χ2v) is 4.95. The minimum absolute atomic E-state index is 0.0957. The molecular formula is C17H16O3. The van der Waals surface area contributed by atoms with E-state index in [-0.39, 0.29) is 11.9 Å². The quantitative estimate of drug-likeness (QED) is 0.833. The van der Waals surface area contributed by atoms with E-state index in [0.29, 0.717) is 23.5 Å². The van der Waals surface area contributed by atoms with Crippen LogP contribution in [0.4, 0.5) is 0 Å². The van der Waals surface area contributed by atoms with Gasteiger partial charge in [-0.1, -0.05) is 24.3 Å². The van der Waals surface area contributed by atoms with Crippen molar-refractivity contribution in [1.29, 1.82) is 0 Å². The summed E-state index contributed by atoms with van der Waals surface area (Å²) in [5.41, 5.74) is 2.82. The monoisotopic (exact) mass is 268 g/mol. The lowest BCUT2D eigenvalue weighted by Gasteiger charge is -2.26. The maximum absolute atomic E-state index is 12.3. The second kappa shape index (κ2) is 5.00. The highest BCUT2D eigenvalue weighted by molar-refractivity contribution is 6.00. The third-order valence-electron chi connectivity index (χ3n) is 3.66. The molecule has 102 valence electrons. The van der Waals surface area contributed by atoms with Crippen LogP contribution in [0.1, 0.15) is 34.0 Å². The number of carbonyl (C=O) groups is 1. The molecule has 2 aromatic carbocycles. The van der Waals surface area contributed by atoms with Crippen LogP contribution in [-0.4, -0.2) is 12.9 Å². The standard InChI is InChI=1S/C17H16O3/c1-11-5-3-4-6-13(11)17-10-15(18)14-9-12(19-2)7-8-16(14)20-17/h3-9,17H,10H2,1-2H3. The van der Waals surface area contributed by atoms with Gasteiger partial charge in [-0.2, -0.15) is 0 Å². The number of rotatable bonds is 2. The molecule has 0 fully saturated rings. The molecule has 1 aliphatic rings. The SMILES string of the molecule is COc1ccc2c(c1)C(=O)CC(c1ccccc1C)O2. The van der Waals surface area contributed by atoms with Crippen LogP contribution in [0.25, 0.3) is 0 Å². The normalized spacial score (nSPS) is 17.3. The molecule has 0 N–H and O–H groups in total. The highest BCUT2D eigenvalue weighted by Gasteiger charge is 2.28. The molecule has 20 heavy (non-hydrogen) atoms. The van der Waals surface area contributed by atoms with E-state index in [9.17, 15) is 4.79 Å². The number of ketones is 1. The molecule has 0 saturated carbocycles. The number of fused-ring (bicyclic) bond motifs is 1. The zero-order chi connectivity index (χ0) is 14.1. The summed E-state index contributed by atoms with van der Waals surface area (Å²) in [6, 6.07) is 13.4. The van der Waals surface area contributed by atoms with Gasteiger partial charge in [0.2, 0.25) is 0 Å². The van der Waals surface area contributed by atoms with Crippen LogP contribution in [0.2, 0.25) is 0 Å².